The lowest BCUT2D eigenvalue weighted by molar-refractivity contribution is -0.122. The van der Waals surface area contributed by atoms with Crippen LogP contribution in [0, 0.1) is 13.8 Å². The van der Waals surface area contributed by atoms with Crippen molar-refractivity contribution < 1.29 is 14.3 Å². The van der Waals surface area contributed by atoms with Gasteiger partial charge in [-0.2, -0.15) is 0 Å². The minimum Gasteiger partial charge on any atom is -0.489 e. The molecule has 3 aromatic rings. The monoisotopic (exact) mass is 375 g/mol. The summed E-state index contributed by atoms with van der Waals surface area (Å²) >= 11 is 0. The van der Waals surface area contributed by atoms with Crippen molar-refractivity contribution in [2.45, 2.75) is 33.5 Å². The largest absolute Gasteiger partial charge is 0.489 e. The first-order valence-electron chi connectivity index (χ1n) is 9.33. The number of ether oxygens (including phenoxy) is 2. The van der Waals surface area contributed by atoms with Gasteiger partial charge in [0.25, 0.3) is 5.91 Å². The van der Waals surface area contributed by atoms with Crippen molar-refractivity contribution in [3.05, 3.63) is 89.5 Å². The van der Waals surface area contributed by atoms with E-state index in [1.807, 2.05) is 86.6 Å². The summed E-state index contributed by atoms with van der Waals surface area (Å²) in [4.78, 5) is 12.4. The number of amides is 1. The van der Waals surface area contributed by atoms with Gasteiger partial charge in [0.2, 0.25) is 0 Å². The Balaban J connectivity index is 1.54. The van der Waals surface area contributed by atoms with Crippen LogP contribution in [0.15, 0.2) is 72.8 Å². The number of rotatable bonds is 7. The van der Waals surface area contributed by atoms with E-state index < -0.39 is 6.10 Å². The van der Waals surface area contributed by atoms with Gasteiger partial charge in [0.05, 0.1) is 0 Å². The quantitative estimate of drug-likeness (QED) is 0.610. The first kappa shape index (κ1) is 19.5. The second-order valence-corrected chi connectivity index (χ2v) is 6.75. The fourth-order valence-corrected chi connectivity index (χ4v) is 2.72. The SMILES string of the molecule is Cc1cccc(O[C@H](C)C(=O)Nc2ccc(OCc3ccccc3)cc2)c1C. The van der Waals surface area contributed by atoms with E-state index in [4.69, 9.17) is 9.47 Å². The minimum absolute atomic E-state index is 0.195. The van der Waals surface area contributed by atoms with Crippen LogP contribution in [-0.2, 0) is 11.4 Å². The maximum absolute atomic E-state index is 12.4. The van der Waals surface area contributed by atoms with Crippen LogP contribution in [0.5, 0.6) is 11.5 Å². The summed E-state index contributed by atoms with van der Waals surface area (Å²) in [6.45, 7) is 6.26. The zero-order valence-electron chi connectivity index (χ0n) is 16.4. The number of nitrogens with one attached hydrogen (secondary N) is 1. The molecule has 3 aromatic carbocycles. The molecule has 4 heteroatoms. The molecule has 0 aliphatic heterocycles. The van der Waals surface area contributed by atoms with Gasteiger partial charge in [0.1, 0.15) is 18.1 Å². The van der Waals surface area contributed by atoms with Crippen LogP contribution in [0.3, 0.4) is 0 Å². The van der Waals surface area contributed by atoms with Crippen molar-refractivity contribution in [1.82, 2.24) is 0 Å². The van der Waals surface area contributed by atoms with E-state index in [9.17, 15) is 4.79 Å². The Morgan fingerprint density at radius 3 is 2.36 bits per heavy atom. The third kappa shape index (κ3) is 5.13. The van der Waals surface area contributed by atoms with E-state index in [1.54, 1.807) is 6.92 Å². The highest BCUT2D eigenvalue weighted by Crippen LogP contribution is 2.22. The molecule has 0 fully saturated rings. The molecule has 28 heavy (non-hydrogen) atoms. The topological polar surface area (TPSA) is 47.6 Å². The van der Waals surface area contributed by atoms with Crippen LogP contribution in [-0.4, -0.2) is 12.0 Å². The second-order valence-electron chi connectivity index (χ2n) is 6.75. The Morgan fingerprint density at radius 1 is 0.929 bits per heavy atom. The Hall–Kier alpha value is -3.27. The van der Waals surface area contributed by atoms with Crippen molar-refractivity contribution in [3.8, 4) is 11.5 Å². The van der Waals surface area contributed by atoms with Gasteiger partial charge < -0.3 is 14.8 Å². The molecule has 4 nitrogen and oxygen atoms in total. The first-order valence-corrected chi connectivity index (χ1v) is 9.33. The number of aryl methyl sites for hydroxylation is 1. The summed E-state index contributed by atoms with van der Waals surface area (Å²) in [5.74, 6) is 1.28. The molecule has 0 bridgehead atoms. The molecule has 1 N–H and O–H groups in total. The molecule has 1 atom stereocenters. The van der Waals surface area contributed by atoms with E-state index in [0.717, 1.165) is 28.2 Å². The Labute approximate surface area is 166 Å². The van der Waals surface area contributed by atoms with Gasteiger partial charge in [0, 0.05) is 5.69 Å². The van der Waals surface area contributed by atoms with Crippen molar-refractivity contribution in [2.24, 2.45) is 0 Å². The number of benzene rings is 3. The molecular formula is C24H25NO3. The van der Waals surface area contributed by atoms with E-state index in [1.165, 1.54) is 0 Å². The molecule has 0 radical (unpaired) electrons. The molecule has 3 rings (SSSR count). The Morgan fingerprint density at radius 2 is 1.64 bits per heavy atom. The fourth-order valence-electron chi connectivity index (χ4n) is 2.72. The Kier molecular flexibility index (Phi) is 6.33. The third-order valence-electron chi connectivity index (χ3n) is 4.60. The standard InChI is InChI=1S/C24H25NO3/c1-17-8-7-11-23(18(17)2)28-19(3)24(26)25-21-12-14-22(15-13-21)27-16-20-9-5-4-6-10-20/h4-15,19H,16H2,1-3H3,(H,25,26)/t19-/m1/s1. The van der Waals surface area contributed by atoms with Gasteiger partial charge >= 0.3 is 0 Å². The van der Waals surface area contributed by atoms with Gasteiger partial charge in [-0.05, 0) is 67.8 Å². The van der Waals surface area contributed by atoms with Crippen LogP contribution in [0.25, 0.3) is 0 Å². The van der Waals surface area contributed by atoms with Gasteiger partial charge in [-0.25, -0.2) is 0 Å². The van der Waals surface area contributed by atoms with E-state index in [0.29, 0.717) is 12.3 Å². The number of carbonyl (C=O) groups is 1. The number of anilines is 1. The van der Waals surface area contributed by atoms with Crippen molar-refractivity contribution >= 4 is 11.6 Å². The molecule has 0 saturated heterocycles. The second kappa shape index (κ2) is 9.09. The highest BCUT2D eigenvalue weighted by Gasteiger charge is 2.16. The normalized spacial score (nSPS) is 11.5. The van der Waals surface area contributed by atoms with Crippen LogP contribution in [0.1, 0.15) is 23.6 Å². The van der Waals surface area contributed by atoms with Crippen molar-refractivity contribution in [1.29, 1.82) is 0 Å². The van der Waals surface area contributed by atoms with Crippen LogP contribution < -0.4 is 14.8 Å². The molecule has 0 aliphatic carbocycles. The van der Waals surface area contributed by atoms with Crippen LogP contribution in [0.2, 0.25) is 0 Å². The smallest absolute Gasteiger partial charge is 0.265 e. The van der Waals surface area contributed by atoms with Gasteiger partial charge in [-0.3, -0.25) is 4.79 Å². The minimum atomic E-state index is -0.602. The van der Waals surface area contributed by atoms with Crippen LogP contribution >= 0.6 is 0 Å². The number of hydrogen-bond donors (Lipinski definition) is 1. The summed E-state index contributed by atoms with van der Waals surface area (Å²) < 4.78 is 11.6. The first-order chi connectivity index (χ1) is 13.5. The zero-order chi connectivity index (χ0) is 19.9. The van der Waals surface area contributed by atoms with Gasteiger partial charge in [0.15, 0.2) is 6.10 Å². The lowest BCUT2D eigenvalue weighted by Gasteiger charge is -2.17. The maximum Gasteiger partial charge on any atom is 0.265 e. The summed E-state index contributed by atoms with van der Waals surface area (Å²) in [5.41, 5.74) is 3.99. The molecule has 0 unspecified atom stereocenters. The fraction of sp³-hybridized carbons (Fsp3) is 0.208. The average molecular weight is 375 g/mol. The summed E-state index contributed by atoms with van der Waals surface area (Å²) in [5, 5.41) is 2.88. The van der Waals surface area contributed by atoms with E-state index in [2.05, 4.69) is 5.32 Å². The Bertz CT molecular complexity index is 920. The molecule has 144 valence electrons. The van der Waals surface area contributed by atoms with Crippen molar-refractivity contribution in [2.75, 3.05) is 5.32 Å². The molecular weight excluding hydrogens is 350 g/mol. The van der Waals surface area contributed by atoms with E-state index in [-0.39, 0.29) is 5.91 Å². The molecule has 1 amide bonds. The predicted molar refractivity (Wildman–Crippen MR) is 112 cm³/mol. The summed E-state index contributed by atoms with van der Waals surface area (Å²) in [6, 6.07) is 23.1. The molecule has 0 saturated carbocycles. The predicted octanol–water partition coefficient (Wildman–Crippen LogP) is 5.29. The molecule has 0 aromatic heterocycles. The highest BCUT2D eigenvalue weighted by atomic mass is 16.5. The molecule has 0 spiro atoms. The summed E-state index contributed by atoms with van der Waals surface area (Å²) in [6.07, 6.45) is -0.602. The van der Waals surface area contributed by atoms with E-state index >= 15 is 0 Å². The highest BCUT2D eigenvalue weighted by molar-refractivity contribution is 5.94. The van der Waals surface area contributed by atoms with Gasteiger partial charge in [-0.15, -0.1) is 0 Å². The lowest BCUT2D eigenvalue weighted by atomic mass is 10.1. The molecule has 0 heterocycles. The van der Waals surface area contributed by atoms with Crippen LogP contribution in [0.4, 0.5) is 5.69 Å². The summed E-state index contributed by atoms with van der Waals surface area (Å²) in [7, 11) is 0. The average Bonchev–Trinajstić information content (AvgIpc) is 2.71. The third-order valence-corrected chi connectivity index (χ3v) is 4.60. The number of hydrogen-bond acceptors (Lipinski definition) is 3. The lowest BCUT2D eigenvalue weighted by Crippen LogP contribution is -2.30. The number of carbonyl (C=O) groups excluding carboxylic acids is 1. The zero-order valence-corrected chi connectivity index (χ0v) is 16.4. The van der Waals surface area contributed by atoms with Crippen molar-refractivity contribution in [3.63, 3.8) is 0 Å². The van der Waals surface area contributed by atoms with Gasteiger partial charge in [-0.1, -0.05) is 42.5 Å². The molecule has 0 aliphatic rings. The maximum atomic E-state index is 12.4.